The number of fused-ring (bicyclic) bond motifs is 1. The van der Waals surface area contributed by atoms with Gasteiger partial charge in [-0.3, -0.25) is 4.98 Å². The van der Waals surface area contributed by atoms with Gasteiger partial charge in [-0.15, -0.1) is 11.3 Å². The van der Waals surface area contributed by atoms with Gasteiger partial charge < -0.3 is 9.84 Å². The second-order valence-corrected chi connectivity index (χ2v) is 6.93. The van der Waals surface area contributed by atoms with E-state index in [1.807, 2.05) is 36.5 Å². The Bertz CT molecular complexity index is 740. The topological polar surface area (TPSA) is 42.4 Å². The molecule has 3 aromatic rings. The molecule has 0 aliphatic rings. The molecular weight excluding hydrogens is 314 g/mol. The van der Waals surface area contributed by atoms with Crippen molar-refractivity contribution in [3.05, 3.63) is 59.1 Å². The molecule has 0 bridgehead atoms. The van der Waals surface area contributed by atoms with Crippen LogP contribution in [0.15, 0.2) is 48.0 Å². The zero-order valence-electron chi connectivity index (χ0n) is 12.2. The van der Waals surface area contributed by atoms with E-state index in [4.69, 9.17) is 4.74 Å². The zero-order valence-corrected chi connectivity index (χ0v) is 13.9. The average molecular weight is 331 g/mol. The predicted octanol–water partition coefficient (Wildman–Crippen LogP) is 4.27. The molecule has 0 radical (unpaired) electrons. The predicted molar refractivity (Wildman–Crippen MR) is 93.7 cm³/mol. The van der Waals surface area contributed by atoms with Gasteiger partial charge in [-0.2, -0.15) is 11.8 Å². The highest BCUT2D eigenvalue weighted by atomic mass is 32.2. The molecule has 5 heteroatoms. The van der Waals surface area contributed by atoms with Crippen molar-refractivity contribution in [2.75, 3.05) is 12.9 Å². The van der Waals surface area contributed by atoms with Gasteiger partial charge in [0.2, 0.25) is 0 Å². The number of rotatable bonds is 6. The Labute approximate surface area is 138 Å². The van der Waals surface area contributed by atoms with Crippen LogP contribution in [0.1, 0.15) is 17.2 Å². The van der Waals surface area contributed by atoms with Crippen molar-refractivity contribution in [2.45, 2.75) is 11.9 Å². The summed E-state index contributed by atoms with van der Waals surface area (Å²) in [5, 5.41) is 12.3. The minimum Gasteiger partial charge on any atom is -0.497 e. The van der Waals surface area contributed by atoms with Crippen molar-refractivity contribution in [3.63, 3.8) is 0 Å². The van der Waals surface area contributed by atoms with Crippen LogP contribution in [-0.2, 0) is 5.75 Å². The number of aliphatic hydroxyl groups excluding tert-OH is 1. The third-order valence-corrected chi connectivity index (χ3v) is 5.35. The molecule has 0 unspecified atom stereocenters. The van der Waals surface area contributed by atoms with Crippen molar-refractivity contribution >= 4 is 33.3 Å². The smallest absolute Gasteiger partial charge is 0.118 e. The molecule has 1 N–H and O–H groups in total. The first-order chi connectivity index (χ1) is 10.8. The first-order valence-corrected chi connectivity index (χ1v) is 9.01. The minimum absolute atomic E-state index is 0.464. The van der Waals surface area contributed by atoms with Gasteiger partial charge in [0, 0.05) is 17.7 Å². The standard InChI is InChI=1S/C17H17NO2S2/c1-20-14-4-2-13(3-5-14)16(19)11-21-10-12-8-17-15(18-9-12)6-7-22-17/h2-9,16,19H,10-11H2,1H3/t16-/m1/s1. The second kappa shape index (κ2) is 7.13. The van der Waals surface area contributed by atoms with Crippen LogP contribution in [0.3, 0.4) is 0 Å². The van der Waals surface area contributed by atoms with Crippen LogP contribution < -0.4 is 4.74 Å². The second-order valence-electron chi connectivity index (χ2n) is 4.95. The number of nitrogens with zero attached hydrogens (tertiary/aromatic N) is 1. The van der Waals surface area contributed by atoms with E-state index >= 15 is 0 Å². The lowest BCUT2D eigenvalue weighted by Crippen LogP contribution is -2.01. The molecule has 1 atom stereocenters. The quantitative estimate of drug-likeness (QED) is 0.732. The number of hydrogen-bond acceptors (Lipinski definition) is 5. The summed E-state index contributed by atoms with van der Waals surface area (Å²) < 4.78 is 6.34. The van der Waals surface area contributed by atoms with Gasteiger partial charge in [0.1, 0.15) is 5.75 Å². The van der Waals surface area contributed by atoms with Crippen molar-refractivity contribution < 1.29 is 9.84 Å². The Hall–Kier alpha value is -1.56. The maximum atomic E-state index is 10.2. The number of benzene rings is 1. The fourth-order valence-electron chi connectivity index (χ4n) is 2.18. The molecule has 22 heavy (non-hydrogen) atoms. The van der Waals surface area contributed by atoms with Gasteiger partial charge in [-0.05, 0) is 40.8 Å². The fraction of sp³-hybridized carbons (Fsp3) is 0.235. The van der Waals surface area contributed by atoms with E-state index < -0.39 is 6.10 Å². The maximum Gasteiger partial charge on any atom is 0.118 e. The third kappa shape index (κ3) is 3.61. The van der Waals surface area contributed by atoms with Crippen LogP contribution in [0.2, 0.25) is 0 Å². The Morgan fingerprint density at radius 2 is 2.09 bits per heavy atom. The lowest BCUT2D eigenvalue weighted by Gasteiger charge is -2.11. The summed E-state index contributed by atoms with van der Waals surface area (Å²) in [4.78, 5) is 4.44. The number of thioether (sulfide) groups is 1. The molecule has 2 aromatic heterocycles. The molecule has 0 aliphatic heterocycles. The van der Waals surface area contributed by atoms with Gasteiger partial charge in [0.25, 0.3) is 0 Å². The van der Waals surface area contributed by atoms with Crippen LogP contribution in [0.5, 0.6) is 5.75 Å². The number of aliphatic hydroxyl groups is 1. The number of aromatic nitrogens is 1. The normalized spacial score (nSPS) is 12.5. The lowest BCUT2D eigenvalue weighted by molar-refractivity contribution is 0.204. The number of ether oxygens (including phenoxy) is 1. The Morgan fingerprint density at radius 1 is 1.27 bits per heavy atom. The molecule has 3 rings (SSSR count). The fourth-order valence-corrected chi connectivity index (χ4v) is 3.91. The molecule has 2 heterocycles. The molecule has 0 saturated heterocycles. The summed E-state index contributed by atoms with van der Waals surface area (Å²) in [6.45, 7) is 0. The van der Waals surface area contributed by atoms with E-state index in [1.54, 1.807) is 30.2 Å². The van der Waals surface area contributed by atoms with E-state index in [0.29, 0.717) is 5.75 Å². The monoisotopic (exact) mass is 331 g/mol. The highest BCUT2D eigenvalue weighted by Crippen LogP contribution is 2.25. The first kappa shape index (κ1) is 15.3. The first-order valence-electron chi connectivity index (χ1n) is 6.98. The van der Waals surface area contributed by atoms with Crippen molar-refractivity contribution in [2.24, 2.45) is 0 Å². The molecule has 0 aliphatic carbocycles. The largest absolute Gasteiger partial charge is 0.497 e. The van der Waals surface area contributed by atoms with E-state index in [9.17, 15) is 5.11 Å². The molecule has 0 spiro atoms. The number of methoxy groups -OCH3 is 1. The van der Waals surface area contributed by atoms with Gasteiger partial charge >= 0.3 is 0 Å². The highest BCUT2D eigenvalue weighted by Gasteiger charge is 2.08. The van der Waals surface area contributed by atoms with Crippen LogP contribution in [0.25, 0.3) is 10.2 Å². The lowest BCUT2D eigenvalue weighted by atomic mass is 10.1. The summed E-state index contributed by atoms with van der Waals surface area (Å²) in [6.07, 6.45) is 1.45. The van der Waals surface area contributed by atoms with Crippen LogP contribution in [0.4, 0.5) is 0 Å². The van der Waals surface area contributed by atoms with Gasteiger partial charge in [-0.1, -0.05) is 12.1 Å². The van der Waals surface area contributed by atoms with Crippen molar-refractivity contribution in [1.29, 1.82) is 0 Å². The summed E-state index contributed by atoms with van der Waals surface area (Å²) in [6, 6.07) is 11.8. The number of thiophene rings is 1. The minimum atomic E-state index is -0.464. The SMILES string of the molecule is COc1ccc([C@H](O)CSCc2cnc3ccsc3c2)cc1. The van der Waals surface area contributed by atoms with E-state index in [2.05, 4.69) is 16.4 Å². The molecule has 114 valence electrons. The summed E-state index contributed by atoms with van der Waals surface area (Å²) in [5.41, 5.74) is 3.17. The van der Waals surface area contributed by atoms with Gasteiger partial charge in [0.05, 0.1) is 23.4 Å². The average Bonchev–Trinajstić information content (AvgIpc) is 3.02. The van der Waals surface area contributed by atoms with E-state index in [0.717, 1.165) is 22.6 Å². The Balaban J connectivity index is 1.55. The van der Waals surface area contributed by atoms with E-state index in [-0.39, 0.29) is 0 Å². The summed E-state index contributed by atoms with van der Waals surface area (Å²) >= 11 is 3.42. The van der Waals surface area contributed by atoms with Crippen molar-refractivity contribution in [1.82, 2.24) is 4.98 Å². The van der Waals surface area contributed by atoms with E-state index in [1.165, 1.54) is 10.3 Å². The molecule has 0 amide bonds. The third-order valence-electron chi connectivity index (χ3n) is 3.40. The zero-order chi connectivity index (χ0) is 15.4. The number of pyridine rings is 1. The maximum absolute atomic E-state index is 10.2. The molecule has 0 saturated carbocycles. The molecular formula is C17H17NO2S2. The molecule has 0 fully saturated rings. The Morgan fingerprint density at radius 3 is 2.86 bits per heavy atom. The summed E-state index contributed by atoms with van der Waals surface area (Å²) in [5.74, 6) is 2.32. The van der Waals surface area contributed by atoms with Crippen LogP contribution in [-0.4, -0.2) is 23.0 Å². The Kier molecular flexibility index (Phi) is 4.97. The molecule has 3 nitrogen and oxygen atoms in total. The van der Waals surface area contributed by atoms with Crippen LogP contribution >= 0.6 is 23.1 Å². The summed E-state index contributed by atoms with van der Waals surface area (Å²) in [7, 11) is 1.64. The van der Waals surface area contributed by atoms with Gasteiger partial charge in [-0.25, -0.2) is 0 Å². The highest BCUT2D eigenvalue weighted by molar-refractivity contribution is 7.98. The van der Waals surface area contributed by atoms with Crippen molar-refractivity contribution in [3.8, 4) is 5.75 Å². The number of hydrogen-bond donors (Lipinski definition) is 1. The van der Waals surface area contributed by atoms with Gasteiger partial charge in [0.15, 0.2) is 0 Å². The van der Waals surface area contributed by atoms with Crippen LogP contribution in [0, 0.1) is 0 Å². The molecule has 1 aromatic carbocycles.